The molecule has 238 valence electrons. The molecule has 5 nitrogen and oxygen atoms in total. The van der Waals surface area contributed by atoms with Crippen LogP contribution in [0.15, 0.2) is 90.3 Å². The third-order valence-electron chi connectivity index (χ3n) is 11.4. The van der Waals surface area contributed by atoms with Gasteiger partial charge in [0.05, 0.1) is 36.1 Å². The second kappa shape index (κ2) is 9.87. The first-order valence-corrected chi connectivity index (χ1v) is 16.8. The normalized spacial score (nSPS) is 17.8. The minimum atomic E-state index is -0.429. The fraction of sp³-hybridized carbons (Fsp3) is 0.310. The average molecular weight is 620 g/mol. The van der Waals surface area contributed by atoms with Crippen LogP contribution in [0.4, 0.5) is 5.69 Å². The van der Waals surface area contributed by atoms with Gasteiger partial charge in [0, 0.05) is 51.7 Å². The molecule has 0 spiro atoms. The maximum atomic E-state index is 3.59. The van der Waals surface area contributed by atoms with Crippen LogP contribution in [0.5, 0.6) is 0 Å². The molecule has 4 heterocycles. The molecule has 47 heavy (non-hydrogen) atoms. The fourth-order valence-electron chi connectivity index (χ4n) is 8.00. The highest BCUT2D eigenvalue weighted by molar-refractivity contribution is 6.11. The van der Waals surface area contributed by atoms with E-state index >= 15 is 0 Å². The Labute approximate surface area is 279 Å². The zero-order valence-electron chi connectivity index (χ0n) is 29.4. The number of fused-ring (bicyclic) bond motifs is 5. The van der Waals surface area contributed by atoms with Gasteiger partial charge in [-0.05, 0) is 86.6 Å². The van der Waals surface area contributed by atoms with Crippen LogP contribution in [-0.4, -0.2) is 27.8 Å². The highest BCUT2D eigenvalue weighted by Gasteiger charge is 2.41. The van der Waals surface area contributed by atoms with Gasteiger partial charge in [-0.25, -0.2) is 0 Å². The molecule has 2 aliphatic heterocycles. The largest absolute Gasteiger partial charge is 0.359 e. The Bertz CT molecular complexity index is 2310. The summed E-state index contributed by atoms with van der Waals surface area (Å²) in [7, 11) is 4.27. The minimum Gasteiger partial charge on any atom is -0.359 e. The van der Waals surface area contributed by atoms with Gasteiger partial charge >= 0.3 is 0 Å². The lowest BCUT2D eigenvalue weighted by molar-refractivity contribution is -0.681. The zero-order chi connectivity index (χ0) is 33.2. The lowest BCUT2D eigenvalue weighted by atomic mass is 9.67. The van der Waals surface area contributed by atoms with Crippen molar-refractivity contribution in [2.75, 3.05) is 18.6 Å². The molecule has 0 fully saturated rings. The summed E-state index contributed by atoms with van der Waals surface area (Å²) in [6, 6.07) is 30.2. The van der Waals surface area contributed by atoms with Crippen LogP contribution >= 0.6 is 0 Å². The summed E-state index contributed by atoms with van der Waals surface area (Å²) in [4.78, 5) is 4.79. The highest BCUT2D eigenvalue weighted by atomic mass is 15.4. The van der Waals surface area contributed by atoms with Crippen molar-refractivity contribution in [1.82, 2.24) is 14.0 Å². The van der Waals surface area contributed by atoms with Crippen molar-refractivity contribution in [3.8, 4) is 11.4 Å². The van der Waals surface area contributed by atoms with Gasteiger partial charge < -0.3 is 23.5 Å². The van der Waals surface area contributed by atoms with E-state index in [2.05, 4.69) is 178 Å². The number of nitrogens with zero attached hydrogens (tertiary/aromatic N) is 5. The van der Waals surface area contributed by atoms with Gasteiger partial charge in [0.25, 0.3) is 0 Å². The van der Waals surface area contributed by atoms with Crippen molar-refractivity contribution < 1.29 is 4.57 Å². The van der Waals surface area contributed by atoms with Gasteiger partial charge in [-0.2, -0.15) is 0 Å². The highest BCUT2D eigenvalue weighted by Crippen LogP contribution is 2.52. The van der Waals surface area contributed by atoms with Crippen molar-refractivity contribution in [2.45, 2.75) is 66.2 Å². The summed E-state index contributed by atoms with van der Waals surface area (Å²) in [5.41, 5.74) is 16.0. The summed E-state index contributed by atoms with van der Waals surface area (Å²) in [5, 5.41) is 2.60. The second-order valence-corrected chi connectivity index (χ2v) is 15.0. The van der Waals surface area contributed by atoms with Gasteiger partial charge in [-0.15, -0.1) is 0 Å². The van der Waals surface area contributed by atoms with Crippen molar-refractivity contribution >= 4 is 27.5 Å². The van der Waals surface area contributed by atoms with E-state index in [-0.39, 0.29) is 5.41 Å². The van der Waals surface area contributed by atoms with E-state index in [1.807, 2.05) is 0 Å². The number of benzene rings is 4. The maximum Gasteiger partial charge on any atom is 0.243 e. The number of aromatic nitrogens is 3. The zero-order valence-corrected chi connectivity index (χ0v) is 29.4. The Hall–Kier alpha value is -4.77. The van der Waals surface area contributed by atoms with Crippen LogP contribution < -0.4 is 9.47 Å². The van der Waals surface area contributed by atoms with E-state index in [9.17, 15) is 0 Å². The third-order valence-corrected chi connectivity index (χ3v) is 11.4. The molecule has 0 radical (unpaired) electrons. The van der Waals surface area contributed by atoms with E-state index in [0.717, 1.165) is 12.4 Å². The van der Waals surface area contributed by atoms with Crippen molar-refractivity contribution in [2.24, 2.45) is 7.05 Å². The number of hydrogen-bond donors (Lipinski definition) is 0. The molecule has 0 saturated heterocycles. The van der Waals surface area contributed by atoms with Crippen LogP contribution in [0.3, 0.4) is 0 Å². The number of rotatable bonds is 3. The lowest BCUT2D eigenvalue weighted by Gasteiger charge is -2.40. The van der Waals surface area contributed by atoms with Gasteiger partial charge in [-0.1, -0.05) is 75.4 Å². The smallest absolute Gasteiger partial charge is 0.243 e. The van der Waals surface area contributed by atoms with Crippen LogP contribution in [0, 0.1) is 20.2 Å². The predicted octanol–water partition coefficient (Wildman–Crippen LogP) is 8.74. The number of hydrogen-bond acceptors (Lipinski definition) is 2. The molecule has 6 aromatic rings. The number of imidazole rings is 1. The summed E-state index contributed by atoms with van der Waals surface area (Å²) in [6.07, 6.45) is 3.59. The number of allylic oxidation sites excluding steroid dienone is 2. The average Bonchev–Trinajstić information content (AvgIpc) is 3.63. The molecule has 1 unspecified atom stereocenters. The monoisotopic (exact) mass is 619 g/mol. The summed E-state index contributed by atoms with van der Waals surface area (Å²) >= 11 is 0. The lowest BCUT2D eigenvalue weighted by Crippen LogP contribution is -2.32. The van der Waals surface area contributed by atoms with E-state index in [0.29, 0.717) is 0 Å². The van der Waals surface area contributed by atoms with E-state index in [4.69, 9.17) is 0 Å². The van der Waals surface area contributed by atoms with Crippen LogP contribution in [-0.2, 0) is 17.9 Å². The van der Waals surface area contributed by atoms with Gasteiger partial charge in [0.15, 0.2) is 0 Å². The van der Waals surface area contributed by atoms with Gasteiger partial charge in [0.2, 0.25) is 6.33 Å². The molecule has 0 saturated carbocycles. The molecular formula is C42H45N5. The number of para-hydroxylation sites is 2. The van der Waals surface area contributed by atoms with Gasteiger partial charge in [0.1, 0.15) is 0 Å². The first-order valence-electron chi connectivity index (χ1n) is 16.8. The summed E-state index contributed by atoms with van der Waals surface area (Å²) < 4.78 is 6.87. The second-order valence-electron chi connectivity index (χ2n) is 15.0. The predicted molar refractivity (Wildman–Crippen MR) is 194 cm³/mol. The number of anilines is 1. The van der Waals surface area contributed by atoms with Gasteiger partial charge in [-0.3, -0.25) is 0 Å². The number of aryl methyl sites for hydroxylation is 1. The minimum absolute atomic E-state index is 0.0424. The van der Waals surface area contributed by atoms with Crippen molar-refractivity contribution in [1.29, 1.82) is 0 Å². The first-order chi connectivity index (χ1) is 22.3. The molecule has 0 N–H and O–H groups in total. The van der Waals surface area contributed by atoms with E-state index in [1.54, 1.807) is 0 Å². The van der Waals surface area contributed by atoms with Crippen molar-refractivity contribution in [3.05, 3.63) is 130 Å². The molecule has 0 aliphatic carbocycles. The van der Waals surface area contributed by atoms with Crippen LogP contribution in [0.25, 0.3) is 33.2 Å². The molecule has 1 atom stereocenters. The molecule has 5 heteroatoms. The molecular weight excluding hydrogens is 574 g/mol. The van der Waals surface area contributed by atoms with Crippen LogP contribution in [0.2, 0.25) is 0 Å². The summed E-state index contributed by atoms with van der Waals surface area (Å²) in [6.45, 7) is 19.1. The van der Waals surface area contributed by atoms with E-state index in [1.165, 1.54) is 78.2 Å². The molecule has 2 aromatic heterocycles. The van der Waals surface area contributed by atoms with Crippen LogP contribution in [0.1, 0.15) is 75.2 Å². The molecule has 4 aromatic carbocycles. The standard InChI is InChI=1S/C42H45N5/c1-26-28(3)45(24-43(26)9)32-18-19-39-37(23-32)42(8,36-16-13-15-35-34-14-11-12-17-38(34)47(39)40(35)36)31-20-30(41(5,6)7)21-33(22-31)46-25-44(10)27(2)29(46)4/h11-23H,24H2,1-10H3. The van der Waals surface area contributed by atoms with E-state index < -0.39 is 5.41 Å². The first kappa shape index (κ1) is 29.6. The molecule has 0 amide bonds. The Balaban J connectivity index is 1.49. The maximum absolute atomic E-state index is 3.59. The third kappa shape index (κ3) is 4.05. The summed E-state index contributed by atoms with van der Waals surface area (Å²) in [5.74, 6) is 0. The topological polar surface area (TPSA) is 20.2 Å². The fourth-order valence-corrected chi connectivity index (χ4v) is 8.00. The Morgan fingerprint density at radius 1 is 0.787 bits per heavy atom. The Morgan fingerprint density at radius 2 is 1.53 bits per heavy atom. The quantitative estimate of drug-likeness (QED) is 0.146. The Morgan fingerprint density at radius 3 is 2.21 bits per heavy atom. The molecule has 0 bridgehead atoms. The SMILES string of the molecule is CC1=C(C)N(c2ccc3c(c2)C(C)(c2cc(-n4[c-][n+](C)c(C)c4C)cc(C(C)(C)C)c2)c2cccc4c5ccccc5n-3c24)CN1C. The molecule has 2 aliphatic rings. The molecule has 8 rings (SSSR count). The van der Waals surface area contributed by atoms with Crippen molar-refractivity contribution in [3.63, 3.8) is 0 Å². The Kier molecular flexibility index (Phi) is 6.22.